The average Bonchev–Trinajstić information content (AvgIpc) is 2.85. The van der Waals surface area contributed by atoms with Crippen molar-refractivity contribution in [3.8, 4) is 0 Å². The zero-order chi connectivity index (χ0) is 15.6. The maximum atomic E-state index is 11.5. The molecule has 1 heterocycles. The highest BCUT2D eigenvalue weighted by Crippen LogP contribution is 2.41. The van der Waals surface area contributed by atoms with Crippen molar-refractivity contribution in [3.63, 3.8) is 0 Å². The van der Waals surface area contributed by atoms with Gasteiger partial charge in [0, 0.05) is 12.1 Å². The van der Waals surface area contributed by atoms with E-state index in [0.717, 1.165) is 13.0 Å². The number of hydrogen-bond acceptors (Lipinski definition) is 3. The van der Waals surface area contributed by atoms with Gasteiger partial charge >= 0.3 is 5.97 Å². The Kier molecular flexibility index (Phi) is 5.31. The molecule has 0 radical (unpaired) electrons. The van der Waals surface area contributed by atoms with Crippen molar-refractivity contribution in [2.45, 2.75) is 65.5 Å². The van der Waals surface area contributed by atoms with Crippen molar-refractivity contribution < 1.29 is 14.6 Å². The van der Waals surface area contributed by atoms with Gasteiger partial charge in [0.2, 0.25) is 0 Å². The SMILES string of the molecule is CCCN(C1CCC(C)(C)CC1C)C1COCC1C(=O)O. The molecule has 4 unspecified atom stereocenters. The smallest absolute Gasteiger partial charge is 0.310 e. The fraction of sp³-hybridized carbons (Fsp3) is 0.941. The molecular weight excluding hydrogens is 266 g/mol. The van der Waals surface area contributed by atoms with Crippen molar-refractivity contribution >= 4 is 5.97 Å². The molecule has 1 aliphatic carbocycles. The lowest BCUT2D eigenvalue weighted by Crippen LogP contribution is -2.53. The Morgan fingerprint density at radius 2 is 2.05 bits per heavy atom. The highest BCUT2D eigenvalue weighted by atomic mass is 16.5. The lowest BCUT2D eigenvalue weighted by atomic mass is 9.69. The van der Waals surface area contributed by atoms with Gasteiger partial charge in [0.1, 0.15) is 0 Å². The Morgan fingerprint density at radius 3 is 2.62 bits per heavy atom. The van der Waals surface area contributed by atoms with Crippen LogP contribution in [0, 0.1) is 17.3 Å². The summed E-state index contributed by atoms with van der Waals surface area (Å²) in [5.74, 6) is -0.448. The predicted molar refractivity (Wildman–Crippen MR) is 83.3 cm³/mol. The molecule has 0 spiro atoms. The summed E-state index contributed by atoms with van der Waals surface area (Å²) in [6, 6.07) is 0.558. The summed E-state index contributed by atoms with van der Waals surface area (Å²) in [4.78, 5) is 13.9. The van der Waals surface area contributed by atoms with Crippen LogP contribution < -0.4 is 0 Å². The van der Waals surface area contributed by atoms with Gasteiger partial charge in [-0.05, 0) is 43.6 Å². The van der Waals surface area contributed by atoms with Gasteiger partial charge in [0.05, 0.1) is 19.1 Å². The summed E-state index contributed by atoms with van der Waals surface area (Å²) >= 11 is 0. The lowest BCUT2D eigenvalue weighted by Gasteiger charge is -2.47. The predicted octanol–water partition coefficient (Wildman–Crippen LogP) is 3.01. The van der Waals surface area contributed by atoms with Crippen LogP contribution in [0.3, 0.4) is 0 Å². The summed E-state index contributed by atoms with van der Waals surface area (Å²) in [6.45, 7) is 11.1. The number of aliphatic carboxylic acids is 1. The van der Waals surface area contributed by atoms with Crippen LogP contribution in [0.4, 0.5) is 0 Å². The summed E-state index contributed by atoms with van der Waals surface area (Å²) in [5.41, 5.74) is 0.423. The maximum Gasteiger partial charge on any atom is 0.310 e. The Hall–Kier alpha value is -0.610. The zero-order valence-corrected chi connectivity index (χ0v) is 14.0. The van der Waals surface area contributed by atoms with Gasteiger partial charge in [0.15, 0.2) is 0 Å². The number of rotatable bonds is 5. The van der Waals surface area contributed by atoms with E-state index in [1.54, 1.807) is 0 Å². The van der Waals surface area contributed by atoms with Crippen molar-refractivity contribution in [3.05, 3.63) is 0 Å². The van der Waals surface area contributed by atoms with Crippen molar-refractivity contribution in [2.75, 3.05) is 19.8 Å². The van der Waals surface area contributed by atoms with Gasteiger partial charge in [-0.2, -0.15) is 0 Å². The maximum absolute atomic E-state index is 11.5. The third-order valence-corrected chi connectivity index (χ3v) is 5.35. The largest absolute Gasteiger partial charge is 0.481 e. The Morgan fingerprint density at radius 1 is 1.33 bits per heavy atom. The van der Waals surface area contributed by atoms with E-state index in [4.69, 9.17) is 4.74 Å². The summed E-state index contributed by atoms with van der Waals surface area (Å²) < 4.78 is 5.50. The number of ether oxygens (including phenoxy) is 1. The van der Waals surface area contributed by atoms with E-state index in [-0.39, 0.29) is 12.0 Å². The fourth-order valence-electron chi connectivity index (χ4n) is 4.37. The van der Waals surface area contributed by atoms with E-state index < -0.39 is 5.97 Å². The molecule has 1 saturated heterocycles. The number of carboxylic acid groups (broad SMARTS) is 1. The molecule has 4 heteroatoms. The molecule has 2 fully saturated rings. The van der Waals surface area contributed by atoms with Crippen LogP contribution in [0.15, 0.2) is 0 Å². The van der Waals surface area contributed by atoms with Gasteiger partial charge in [-0.3, -0.25) is 9.69 Å². The first kappa shape index (κ1) is 16.8. The Labute approximate surface area is 128 Å². The van der Waals surface area contributed by atoms with Crippen LogP contribution in [0.25, 0.3) is 0 Å². The molecule has 0 aromatic heterocycles. The van der Waals surface area contributed by atoms with Crippen molar-refractivity contribution in [1.82, 2.24) is 4.90 Å². The minimum absolute atomic E-state index is 0.0520. The van der Waals surface area contributed by atoms with Crippen LogP contribution in [0.2, 0.25) is 0 Å². The zero-order valence-electron chi connectivity index (χ0n) is 14.0. The van der Waals surface area contributed by atoms with E-state index in [1.807, 2.05) is 0 Å². The molecule has 4 atom stereocenters. The van der Waals surface area contributed by atoms with Crippen LogP contribution in [0.5, 0.6) is 0 Å². The number of hydrogen-bond donors (Lipinski definition) is 1. The minimum Gasteiger partial charge on any atom is -0.481 e. The van der Waals surface area contributed by atoms with E-state index in [1.165, 1.54) is 19.3 Å². The first-order chi connectivity index (χ1) is 9.85. The highest BCUT2D eigenvalue weighted by molar-refractivity contribution is 5.71. The molecule has 0 aromatic carbocycles. The van der Waals surface area contributed by atoms with Crippen LogP contribution in [0.1, 0.15) is 53.4 Å². The molecule has 0 amide bonds. The van der Waals surface area contributed by atoms with Crippen LogP contribution in [-0.4, -0.2) is 47.8 Å². The molecule has 1 saturated carbocycles. The number of carboxylic acids is 1. The Bertz CT molecular complexity index is 369. The van der Waals surface area contributed by atoms with Crippen molar-refractivity contribution in [2.24, 2.45) is 17.3 Å². The van der Waals surface area contributed by atoms with Gasteiger partial charge < -0.3 is 9.84 Å². The minimum atomic E-state index is -0.706. The molecule has 2 aliphatic rings. The standard InChI is InChI=1S/C17H31NO3/c1-5-8-18(15-11-21-10-13(15)16(19)20)14-6-7-17(3,4)9-12(14)2/h12-15H,5-11H2,1-4H3,(H,19,20). The normalized spacial score (nSPS) is 36.0. The van der Waals surface area contributed by atoms with Crippen LogP contribution in [-0.2, 0) is 9.53 Å². The molecule has 1 N–H and O–H groups in total. The monoisotopic (exact) mass is 297 g/mol. The molecule has 1 aliphatic heterocycles. The van der Waals surface area contributed by atoms with E-state index in [2.05, 4.69) is 32.6 Å². The molecule has 0 bridgehead atoms. The van der Waals surface area contributed by atoms with E-state index in [9.17, 15) is 9.90 Å². The quantitative estimate of drug-likeness (QED) is 0.847. The van der Waals surface area contributed by atoms with Gasteiger partial charge in [-0.15, -0.1) is 0 Å². The highest BCUT2D eigenvalue weighted by Gasteiger charge is 2.43. The molecule has 2 rings (SSSR count). The Balaban J connectivity index is 2.13. The second kappa shape index (κ2) is 6.66. The fourth-order valence-corrected chi connectivity index (χ4v) is 4.37. The summed E-state index contributed by atoms with van der Waals surface area (Å²) in [7, 11) is 0. The second-order valence-electron chi connectivity index (χ2n) is 7.74. The third kappa shape index (κ3) is 3.78. The van der Waals surface area contributed by atoms with E-state index >= 15 is 0 Å². The molecule has 4 nitrogen and oxygen atoms in total. The molecule has 0 aromatic rings. The topological polar surface area (TPSA) is 49.8 Å². The molecule has 122 valence electrons. The van der Waals surface area contributed by atoms with Crippen LogP contribution >= 0.6 is 0 Å². The number of carbonyl (C=O) groups is 1. The summed E-state index contributed by atoms with van der Waals surface area (Å²) in [5, 5.41) is 9.44. The van der Waals surface area contributed by atoms with Crippen molar-refractivity contribution in [1.29, 1.82) is 0 Å². The molecular formula is C17H31NO3. The second-order valence-corrected chi connectivity index (χ2v) is 7.74. The first-order valence-corrected chi connectivity index (χ1v) is 8.42. The third-order valence-electron chi connectivity index (χ3n) is 5.35. The van der Waals surface area contributed by atoms with Gasteiger partial charge in [0.25, 0.3) is 0 Å². The van der Waals surface area contributed by atoms with Gasteiger partial charge in [-0.25, -0.2) is 0 Å². The first-order valence-electron chi connectivity index (χ1n) is 8.42. The lowest BCUT2D eigenvalue weighted by molar-refractivity contribution is -0.143. The molecule has 21 heavy (non-hydrogen) atoms. The van der Waals surface area contributed by atoms with Gasteiger partial charge in [-0.1, -0.05) is 27.7 Å². The number of nitrogens with zero attached hydrogens (tertiary/aromatic N) is 1. The summed E-state index contributed by atoms with van der Waals surface area (Å²) in [6.07, 6.45) is 4.70. The van der Waals surface area contributed by atoms with E-state index in [0.29, 0.717) is 30.6 Å². The average molecular weight is 297 g/mol.